The van der Waals surface area contributed by atoms with Gasteiger partial charge in [-0.1, -0.05) is 6.07 Å². The second kappa shape index (κ2) is 6.71. The summed E-state index contributed by atoms with van der Waals surface area (Å²) in [5, 5.41) is 2.90. The van der Waals surface area contributed by atoms with Crippen LogP contribution in [0.25, 0.3) is 0 Å². The van der Waals surface area contributed by atoms with Crippen molar-refractivity contribution in [2.24, 2.45) is 11.7 Å². The van der Waals surface area contributed by atoms with Gasteiger partial charge in [0.15, 0.2) is 11.6 Å². The molecule has 1 aliphatic rings. The topological polar surface area (TPSA) is 55.1 Å². The fourth-order valence-electron chi connectivity index (χ4n) is 2.62. The quantitative estimate of drug-likeness (QED) is 0.900. The number of amides is 1. The molecule has 1 aromatic rings. The Kier molecular flexibility index (Phi) is 5.70. The first-order valence-corrected chi connectivity index (χ1v) is 6.83. The summed E-state index contributed by atoms with van der Waals surface area (Å²) in [6.45, 7) is 3.54. The zero-order valence-electron chi connectivity index (χ0n) is 12.2. The Morgan fingerprint density at radius 3 is 2.48 bits per heavy atom. The normalized spacial score (nSPS) is 21.8. The fraction of sp³-hybridized carbons (Fsp3) is 0.533. The Hall–Kier alpha value is -1.20. The molecule has 1 fully saturated rings. The molecule has 1 saturated carbocycles. The number of carbonyl (C=O) groups excluding carboxylic acids is 1. The summed E-state index contributed by atoms with van der Waals surface area (Å²) in [6.07, 6.45) is 2.31. The van der Waals surface area contributed by atoms with E-state index in [4.69, 9.17) is 5.73 Å². The maximum absolute atomic E-state index is 13.3. The molecule has 2 atom stereocenters. The summed E-state index contributed by atoms with van der Waals surface area (Å²) in [7, 11) is 0. The smallest absolute Gasteiger partial charge is 0.223 e. The molecule has 0 aromatic heterocycles. The van der Waals surface area contributed by atoms with Crippen LogP contribution >= 0.6 is 12.4 Å². The number of benzene rings is 1. The highest BCUT2D eigenvalue weighted by molar-refractivity contribution is 5.85. The van der Waals surface area contributed by atoms with Gasteiger partial charge < -0.3 is 11.1 Å². The minimum Gasteiger partial charge on any atom is -0.347 e. The molecule has 0 aliphatic heterocycles. The van der Waals surface area contributed by atoms with Crippen LogP contribution < -0.4 is 11.1 Å². The minimum absolute atomic E-state index is 0. The number of halogens is 3. The van der Waals surface area contributed by atoms with Crippen molar-refractivity contribution in [1.82, 2.24) is 5.32 Å². The zero-order chi connectivity index (χ0) is 14.9. The molecule has 0 spiro atoms. The van der Waals surface area contributed by atoms with Crippen molar-refractivity contribution in [2.45, 2.75) is 44.7 Å². The van der Waals surface area contributed by atoms with E-state index >= 15 is 0 Å². The van der Waals surface area contributed by atoms with Gasteiger partial charge >= 0.3 is 0 Å². The highest BCUT2D eigenvalue weighted by Gasteiger charge is 2.32. The second-order valence-electron chi connectivity index (χ2n) is 6.01. The van der Waals surface area contributed by atoms with Gasteiger partial charge in [0.25, 0.3) is 0 Å². The van der Waals surface area contributed by atoms with Crippen molar-refractivity contribution in [1.29, 1.82) is 0 Å². The molecule has 0 radical (unpaired) electrons. The van der Waals surface area contributed by atoms with Gasteiger partial charge in [-0.25, -0.2) is 8.78 Å². The zero-order valence-corrected chi connectivity index (χ0v) is 13.0. The van der Waals surface area contributed by atoms with Crippen molar-refractivity contribution >= 4 is 18.3 Å². The summed E-state index contributed by atoms with van der Waals surface area (Å²) in [5.41, 5.74) is 5.59. The van der Waals surface area contributed by atoms with Crippen molar-refractivity contribution in [3.05, 3.63) is 35.4 Å². The number of nitrogens with two attached hydrogens (primary N) is 1. The average Bonchev–Trinajstić information content (AvgIpc) is 2.79. The number of carbonyl (C=O) groups is 1. The van der Waals surface area contributed by atoms with Gasteiger partial charge in [0, 0.05) is 12.0 Å². The lowest BCUT2D eigenvalue weighted by Gasteiger charge is -2.28. The molecule has 0 bridgehead atoms. The summed E-state index contributed by atoms with van der Waals surface area (Å²) < 4.78 is 26.3. The monoisotopic (exact) mass is 318 g/mol. The lowest BCUT2D eigenvalue weighted by Crippen LogP contribution is -2.43. The van der Waals surface area contributed by atoms with Crippen LogP contribution in [0.3, 0.4) is 0 Å². The third-order valence-corrected chi connectivity index (χ3v) is 3.92. The van der Waals surface area contributed by atoms with Gasteiger partial charge in [-0.3, -0.25) is 4.79 Å². The maximum Gasteiger partial charge on any atom is 0.223 e. The van der Waals surface area contributed by atoms with E-state index in [1.165, 1.54) is 6.07 Å². The number of hydrogen-bond acceptors (Lipinski definition) is 2. The Labute approximate surface area is 129 Å². The molecular formula is C15H21ClF2N2O. The molecule has 21 heavy (non-hydrogen) atoms. The van der Waals surface area contributed by atoms with E-state index in [0.29, 0.717) is 12.0 Å². The first-order valence-electron chi connectivity index (χ1n) is 6.83. The first-order chi connectivity index (χ1) is 9.29. The molecule has 118 valence electrons. The Morgan fingerprint density at radius 2 is 1.95 bits per heavy atom. The van der Waals surface area contributed by atoms with Crippen LogP contribution in [0.15, 0.2) is 18.2 Å². The Morgan fingerprint density at radius 1 is 1.29 bits per heavy atom. The van der Waals surface area contributed by atoms with Crippen molar-refractivity contribution < 1.29 is 13.6 Å². The molecule has 0 heterocycles. The predicted molar refractivity (Wildman–Crippen MR) is 80.1 cm³/mol. The standard InChI is InChI=1S/C15H20F2N2O.ClH/c1-15(2,10-4-6-12(16)13(17)8-10)19-14(20)9-3-5-11(18)7-9;/h4,6,8-9,11H,3,5,7,18H2,1-2H3,(H,19,20);1H. The molecule has 3 nitrogen and oxygen atoms in total. The Balaban J connectivity index is 0.00000220. The van der Waals surface area contributed by atoms with Gasteiger partial charge in [0.1, 0.15) is 0 Å². The van der Waals surface area contributed by atoms with Gasteiger partial charge in [0.05, 0.1) is 5.54 Å². The van der Waals surface area contributed by atoms with Gasteiger partial charge in [-0.05, 0) is 50.8 Å². The number of nitrogens with one attached hydrogen (secondary N) is 1. The SMILES string of the molecule is CC(C)(NC(=O)C1CCC(N)C1)c1ccc(F)c(F)c1.Cl. The molecule has 1 aliphatic carbocycles. The van der Waals surface area contributed by atoms with Crippen LogP contribution in [-0.4, -0.2) is 11.9 Å². The van der Waals surface area contributed by atoms with Crippen LogP contribution in [0.5, 0.6) is 0 Å². The lowest BCUT2D eigenvalue weighted by atomic mass is 9.92. The molecule has 1 amide bonds. The minimum atomic E-state index is -0.910. The third kappa shape index (κ3) is 4.14. The molecule has 1 aromatic carbocycles. The maximum atomic E-state index is 13.3. The van der Waals surface area contributed by atoms with E-state index in [1.54, 1.807) is 13.8 Å². The largest absolute Gasteiger partial charge is 0.347 e. The summed E-state index contributed by atoms with van der Waals surface area (Å²) in [6, 6.07) is 3.76. The molecule has 2 rings (SSSR count). The molecule has 0 saturated heterocycles. The van der Waals surface area contributed by atoms with Crippen molar-refractivity contribution in [3.8, 4) is 0 Å². The fourth-order valence-corrected chi connectivity index (χ4v) is 2.62. The van der Waals surface area contributed by atoms with E-state index in [9.17, 15) is 13.6 Å². The molecule has 3 N–H and O–H groups in total. The van der Waals surface area contributed by atoms with Gasteiger partial charge in [0.2, 0.25) is 5.91 Å². The van der Waals surface area contributed by atoms with Gasteiger partial charge in [-0.15, -0.1) is 12.4 Å². The van der Waals surface area contributed by atoms with E-state index in [1.807, 2.05) is 0 Å². The van der Waals surface area contributed by atoms with Crippen molar-refractivity contribution in [3.63, 3.8) is 0 Å². The summed E-state index contributed by atoms with van der Waals surface area (Å²) in [4.78, 5) is 12.2. The van der Waals surface area contributed by atoms with Crippen LogP contribution in [-0.2, 0) is 10.3 Å². The number of hydrogen-bond donors (Lipinski definition) is 2. The Bertz CT molecular complexity index is 522. The molecule has 6 heteroatoms. The summed E-state index contributed by atoms with van der Waals surface area (Å²) >= 11 is 0. The van der Waals surface area contributed by atoms with Crippen molar-refractivity contribution in [2.75, 3.05) is 0 Å². The second-order valence-corrected chi connectivity index (χ2v) is 6.01. The molecular weight excluding hydrogens is 298 g/mol. The third-order valence-electron chi connectivity index (χ3n) is 3.92. The highest BCUT2D eigenvalue weighted by atomic mass is 35.5. The van der Waals surface area contributed by atoms with E-state index in [-0.39, 0.29) is 30.3 Å². The predicted octanol–water partition coefficient (Wildman–Crippen LogP) is 2.87. The molecule has 2 unspecified atom stereocenters. The van der Waals surface area contributed by atoms with Crippen LogP contribution in [0.1, 0.15) is 38.7 Å². The van der Waals surface area contributed by atoms with Crippen LogP contribution in [0.2, 0.25) is 0 Å². The first kappa shape index (κ1) is 17.9. The van der Waals surface area contributed by atoms with Crippen LogP contribution in [0.4, 0.5) is 8.78 Å². The highest BCUT2D eigenvalue weighted by Crippen LogP contribution is 2.27. The van der Waals surface area contributed by atoms with E-state index in [0.717, 1.165) is 25.0 Å². The number of rotatable bonds is 3. The van der Waals surface area contributed by atoms with Gasteiger partial charge in [-0.2, -0.15) is 0 Å². The van der Waals surface area contributed by atoms with Crippen LogP contribution in [0, 0.1) is 17.6 Å². The van der Waals surface area contributed by atoms with E-state index < -0.39 is 17.2 Å². The lowest BCUT2D eigenvalue weighted by molar-refractivity contribution is -0.126. The average molecular weight is 319 g/mol. The van der Waals surface area contributed by atoms with E-state index in [2.05, 4.69) is 5.32 Å². The summed E-state index contributed by atoms with van der Waals surface area (Å²) in [5.74, 6) is -1.97.